The Balaban J connectivity index is 1.49. The number of rotatable bonds is 9. The minimum absolute atomic E-state index is 0.0173. The Hall–Kier alpha value is -4.80. The van der Waals surface area contributed by atoms with Crippen molar-refractivity contribution in [3.05, 3.63) is 76.6 Å². The maximum atomic E-state index is 13.0. The second-order valence-electron chi connectivity index (χ2n) is 8.39. The van der Waals surface area contributed by atoms with Crippen LogP contribution in [0.3, 0.4) is 0 Å². The summed E-state index contributed by atoms with van der Waals surface area (Å²) in [5, 5.41) is 2.60. The van der Waals surface area contributed by atoms with E-state index in [1.165, 1.54) is 19.2 Å². The number of benzene rings is 1. The number of hydrogen-bond donors (Lipinski definition) is 1. The second kappa shape index (κ2) is 11.1. The van der Waals surface area contributed by atoms with Crippen LogP contribution in [0.5, 0.6) is 5.75 Å². The number of carbonyl (C=O) groups is 4. The minimum atomic E-state index is -0.650. The Bertz CT molecular complexity index is 1410. The minimum Gasteiger partial charge on any atom is -0.482 e. The van der Waals surface area contributed by atoms with Gasteiger partial charge in [-0.25, -0.2) is 14.4 Å². The number of aryl methyl sites for hydroxylation is 1. The Morgan fingerprint density at radius 1 is 1.08 bits per heavy atom. The van der Waals surface area contributed by atoms with Crippen LogP contribution in [0.25, 0.3) is 11.8 Å². The summed E-state index contributed by atoms with van der Waals surface area (Å²) in [5.41, 5.74) is 3.49. The fourth-order valence-corrected chi connectivity index (χ4v) is 4.07. The van der Waals surface area contributed by atoms with Gasteiger partial charge in [0.05, 0.1) is 20.3 Å². The Kier molecular flexibility index (Phi) is 7.66. The predicted molar refractivity (Wildman–Crippen MR) is 134 cm³/mol. The SMILES string of the molecule is CCOC(=O)COc1ccc(-n2c(C)cc(/C=C3\NC(=O)N(Cc4ccc(C(=O)OC)o4)C3=O)c2C)cc1. The van der Waals surface area contributed by atoms with Crippen LogP contribution in [0.1, 0.15) is 40.2 Å². The number of nitrogens with zero attached hydrogens (tertiary/aromatic N) is 2. The van der Waals surface area contributed by atoms with E-state index in [1.807, 2.05) is 36.6 Å². The van der Waals surface area contributed by atoms with E-state index in [4.69, 9.17) is 13.9 Å². The quantitative estimate of drug-likeness (QED) is 0.257. The van der Waals surface area contributed by atoms with E-state index >= 15 is 0 Å². The number of methoxy groups -OCH3 is 1. The first-order chi connectivity index (χ1) is 18.2. The van der Waals surface area contributed by atoms with E-state index in [0.29, 0.717) is 12.4 Å². The lowest BCUT2D eigenvalue weighted by Crippen LogP contribution is -2.30. The molecule has 0 spiro atoms. The number of ether oxygens (including phenoxy) is 3. The molecule has 0 unspecified atom stereocenters. The largest absolute Gasteiger partial charge is 0.482 e. The highest BCUT2D eigenvalue weighted by atomic mass is 16.6. The molecule has 198 valence electrons. The first-order valence-electron chi connectivity index (χ1n) is 11.8. The molecular formula is C27H27N3O8. The van der Waals surface area contributed by atoms with Crippen LogP contribution in [0.2, 0.25) is 0 Å². The summed E-state index contributed by atoms with van der Waals surface area (Å²) >= 11 is 0. The van der Waals surface area contributed by atoms with Gasteiger partial charge < -0.3 is 28.5 Å². The van der Waals surface area contributed by atoms with Crippen molar-refractivity contribution in [1.29, 1.82) is 0 Å². The fraction of sp³-hybridized carbons (Fsp3) is 0.259. The van der Waals surface area contributed by atoms with Crippen molar-refractivity contribution in [1.82, 2.24) is 14.8 Å². The summed E-state index contributed by atoms with van der Waals surface area (Å²) in [5.74, 6) is -0.823. The van der Waals surface area contributed by atoms with E-state index in [-0.39, 0.29) is 30.4 Å². The third kappa shape index (κ3) is 5.46. The number of furan rings is 1. The molecule has 1 aliphatic rings. The Labute approximate surface area is 218 Å². The lowest BCUT2D eigenvalue weighted by atomic mass is 10.2. The van der Waals surface area contributed by atoms with Gasteiger partial charge in [-0.15, -0.1) is 0 Å². The smallest absolute Gasteiger partial charge is 0.373 e. The van der Waals surface area contributed by atoms with Crippen molar-refractivity contribution in [2.24, 2.45) is 0 Å². The molecule has 0 aliphatic carbocycles. The molecule has 0 bridgehead atoms. The van der Waals surface area contributed by atoms with E-state index in [0.717, 1.165) is 27.5 Å². The van der Waals surface area contributed by atoms with Crippen molar-refractivity contribution >= 4 is 30.0 Å². The highest BCUT2D eigenvalue weighted by Crippen LogP contribution is 2.26. The van der Waals surface area contributed by atoms with Gasteiger partial charge >= 0.3 is 18.0 Å². The molecule has 0 radical (unpaired) electrons. The van der Waals surface area contributed by atoms with Gasteiger partial charge in [-0.2, -0.15) is 0 Å². The monoisotopic (exact) mass is 521 g/mol. The standard InChI is InChI=1S/C27H27N3O8/c1-5-36-24(31)15-37-20-8-6-19(7-9-20)30-16(2)12-18(17(30)3)13-22-25(32)29(27(34)28-22)14-21-10-11-23(38-21)26(33)35-4/h6-13H,5,14-15H2,1-4H3,(H,28,34)/b22-13-. The number of aromatic nitrogens is 1. The van der Waals surface area contributed by atoms with Gasteiger partial charge in [0.25, 0.3) is 5.91 Å². The van der Waals surface area contributed by atoms with Gasteiger partial charge in [-0.05, 0) is 74.9 Å². The zero-order valence-electron chi connectivity index (χ0n) is 21.4. The number of urea groups is 1. The van der Waals surface area contributed by atoms with Crippen molar-refractivity contribution in [3.63, 3.8) is 0 Å². The fourth-order valence-electron chi connectivity index (χ4n) is 4.07. The molecule has 11 nitrogen and oxygen atoms in total. The van der Waals surface area contributed by atoms with Crippen LogP contribution in [-0.2, 0) is 25.6 Å². The van der Waals surface area contributed by atoms with Crippen molar-refractivity contribution in [3.8, 4) is 11.4 Å². The molecule has 0 saturated carbocycles. The zero-order chi connectivity index (χ0) is 27.4. The molecule has 1 fully saturated rings. The lowest BCUT2D eigenvalue weighted by Gasteiger charge is -2.11. The Morgan fingerprint density at radius 2 is 1.82 bits per heavy atom. The molecule has 1 saturated heterocycles. The van der Waals surface area contributed by atoms with Gasteiger partial charge in [0, 0.05) is 17.1 Å². The van der Waals surface area contributed by atoms with Crippen LogP contribution >= 0.6 is 0 Å². The first-order valence-corrected chi connectivity index (χ1v) is 11.8. The molecule has 0 atom stereocenters. The Morgan fingerprint density at radius 3 is 2.50 bits per heavy atom. The number of amides is 3. The number of nitrogens with one attached hydrogen (secondary N) is 1. The molecule has 1 N–H and O–H groups in total. The summed E-state index contributed by atoms with van der Waals surface area (Å²) in [6, 6.07) is 11.5. The second-order valence-corrected chi connectivity index (χ2v) is 8.39. The topological polar surface area (TPSA) is 129 Å². The van der Waals surface area contributed by atoms with E-state index in [9.17, 15) is 19.2 Å². The van der Waals surface area contributed by atoms with Crippen molar-refractivity contribution < 1.29 is 37.8 Å². The van der Waals surface area contributed by atoms with E-state index < -0.39 is 23.9 Å². The summed E-state index contributed by atoms with van der Waals surface area (Å²) in [4.78, 5) is 49.6. The van der Waals surface area contributed by atoms with Crippen LogP contribution in [0, 0.1) is 13.8 Å². The van der Waals surface area contributed by atoms with Crippen LogP contribution in [-0.4, -0.2) is 53.7 Å². The van der Waals surface area contributed by atoms with Crippen molar-refractivity contribution in [2.75, 3.05) is 20.3 Å². The van der Waals surface area contributed by atoms with Crippen LogP contribution < -0.4 is 10.1 Å². The average Bonchev–Trinajstić information content (AvgIpc) is 3.56. The summed E-state index contributed by atoms with van der Waals surface area (Å²) in [6.07, 6.45) is 1.62. The molecule has 3 heterocycles. The summed E-state index contributed by atoms with van der Waals surface area (Å²) in [6.45, 7) is 5.55. The summed E-state index contributed by atoms with van der Waals surface area (Å²) < 4.78 is 22.3. The molecule has 3 amide bonds. The van der Waals surface area contributed by atoms with E-state index in [1.54, 1.807) is 25.1 Å². The van der Waals surface area contributed by atoms with E-state index in [2.05, 4.69) is 10.1 Å². The predicted octanol–water partition coefficient (Wildman–Crippen LogP) is 3.51. The lowest BCUT2D eigenvalue weighted by molar-refractivity contribution is -0.145. The van der Waals surface area contributed by atoms with Crippen molar-refractivity contribution in [2.45, 2.75) is 27.3 Å². The van der Waals surface area contributed by atoms with Crippen LogP contribution in [0.4, 0.5) is 4.79 Å². The number of hydrogen-bond acceptors (Lipinski definition) is 8. The molecule has 1 aromatic carbocycles. The maximum Gasteiger partial charge on any atom is 0.373 e. The third-order valence-electron chi connectivity index (χ3n) is 5.85. The summed E-state index contributed by atoms with van der Waals surface area (Å²) in [7, 11) is 1.23. The van der Waals surface area contributed by atoms with Gasteiger partial charge in [0.2, 0.25) is 5.76 Å². The third-order valence-corrected chi connectivity index (χ3v) is 5.85. The van der Waals surface area contributed by atoms with Gasteiger partial charge in [-0.3, -0.25) is 9.69 Å². The van der Waals surface area contributed by atoms with Gasteiger partial charge in [-0.1, -0.05) is 0 Å². The zero-order valence-corrected chi connectivity index (χ0v) is 21.4. The molecular weight excluding hydrogens is 494 g/mol. The molecule has 11 heteroatoms. The number of esters is 2. The first kappa shape index (κ1) is 26.3. The average molecular weight is 522 g/mol. The number of carbonyl (C=O) groups excluding carboxylic acids is 4. The highest BCUT2D eigenvalue weighted by molar-refractivity contribution is 6.14. The number of imide groups is 1. The molecule has 38 heavy (non-hydrogen) atoms. The molecule has 1 aliphatic heterocycles. The van der Waals surface area contributed by atoms with Crippen LogP contribution in [0.15, 0.2) is 52.6 Å². The molecule has 2 aromatic heterocycles. The van der Waals surface area contributed by atoms with Gasteiger partial charge in [0.1, 0.15) is 17.2 Å². The molecule has 4 rings (SSSR count). The maximum absolute atomic E-state index is 13.0. The highest BCUT2D eigenvalue weighted by Gasteiger charge is 2.34. The molecule has 3 aromatic rings. The normalized spacial score (nSPS) is 14.1. The van der Waals surface area contributed by atoms with Gasteiger partial charge in [0.15, 0.2) is 6.61 Å².